The molecule has 2 amide bonds. The van der Waals surface area contributed by atoms with Gasteiger partial charge in [-0.05, 0) is 20.3 Å². The quantitative estimate of drug-likeness (QED) is 0.545. The molecule has 98 valence electrons. The summed E-state index contributed by atoms with van der Waals surface area (Å²) in [6.07, 6.45) is 1.11. The molecule has 0 aromatic rings. The van der Waals surface area contributed by atoms with Gasteiger partial charge in [-0.3, -0.25) is 9.59 Å². The van der Waals surface area contributed by atoms with Crippen LogP contribution in [0.15, 0.2) is 5.10 Å². The van der Waals surface area contributed by atoms with E-state index in [0.29, 0.717) is 5.71 Å². The fourth-order valence-electron chi connectivity index (χ4n) is 0.979. The van der Waals surface area contributed by atoms with Gasteiger partial charge in [-0.2, -0.15) is 5.10 Å². The van der Waals surface area contributed by atoms with Crippen molar-refractivity contribution in [3.8, 4) is 0 Å². The first-order valence-electron chi connectivity index (χ1n) is 5.99. The highest BCUT2D eigenvalue weighted by molar-refractivity contribution is 6.00. The number of hydrazone groups is 1. The van der Waals surface area contributed by atoms with Crippen molar-refractivity contribution >= 4 is 17.5 Å². The molecule has 2 N–H and O–H groups in total. The number of rotatable bonds is 6. The van der Waals surface area contributed by atoms with Crippen molar-refractivity contribution in [3.05, 3.63) is 0 Å². The van der Waals surface area contributed by atoms with E-state index in [-0.39, 0.29) is 30.2 Å². The van der Waals surface area contributed by atoms with Gasteiger partial charge in [0.25, 0.3) is 0 Å². The Morgan fingerprint density at radius 1 is 1.24 bits per heavy atom. The first-order chi connectivity index (χ1) is 7.86. The molecule has 5 heteroatoms. The van der Waals surface area contributed by atoms with Gasteiger partial charge >= 0.3 is 0 Å². The van der Waals surface area contributed by atoms with E-state index in [0.717, 1.165) is 6.42 Å². The Hall–Kier alpha value is -1.39. The average Bonchev–Trinajstić information content (AvgIpc) is 2.25. The molecule has 0 fully saturated rings. The molecule has 0 bridgehead atoms. The molecule has 1 unspecified atom stereocenters. The number of amides is 2. The van der Waals surface area contributed by atoms with Crippen LogP contribution >= 0.6 is 0 Å². The summed E-state index contributed by atoms with van der Waals surface area (Å²) in [7, 11) is 0. The second-order valence-electron chi connectivity index (χ2n) is 4.53. The molecule has 0 spiro atoms. The molecule has 0 radical (unpaired) electrons. The maximum atomic E-state index is 11.5. The van der Waals surface area contributed by atoms with Crippen molar-refractivity contribution in [3.63, 3.8) is 0 Å². The van der Waals surface area contributed by atoms with Crippen molar-refractivity contribution in [2.24, 2.45) is 11.0 Å². The summed E-state index contributed by atoms with van der Waals surface area (Å²) in [6, 6.07) is 0.167. The van der Waals surface area contributed by atoms with E-state index in [9.17, 15) is 9.59 Å². The monoisotopic (exact) mass is 241 g/mol. The standard InChI is InChI=1S/C12H23N3O2/c1-6-9(4)13-11(16)7-10(5)14-15-12(17)8(2)3/h8-9H,6-7H2,1-5H3,(H,13,16)(H,15,17)/b14-10+. The maximum absolute atomic E-state index is 11.5. The third-order valence-electron chi connectivity index (χ3n) is 2.32. The molecule has 0 saturated heterocycles. The summed E-state index contributed by atoms with van der Waals surface area (Å²) in [5, 5.41) is 6.71. The number of hydrogen-bond acceptors (Lipinski definition) is 3. The predicted molar refractivity (Wildman–Crippen MR) is 68.6 cm³/mol. The summed E-state index contributed by atoms with van der Waals surface area (Å²) in [5.74, 6) is -0.327. The molecule has 1 atom stereocenters. The Bertz CT molecular complexity index is 298. The van der Waals surface area contributed by atoms with Crippen molar-refractivity contribution in [1.29, 1.82) is 0 Å². The lowest BCUT2D eigenvalue weighted by molar-refractivity contribution is -0.124. The molecule has 0 rings (SSSR count). The summed E-state index contributed by atoms with van der Waals surface area (Å²) in [6.45, 7) is 9.25. The third kappa shape index (κ3) is 7.49. The van der Waals surface area contributed by atoms with E-state index < -0.39 is 0 Å². The zero-order valence-corrected chi connectivity index (χ0v) is 11.3. The van der Waals surface area contributed by atoms with Gasteiger partial charge in [-0.1, -0.05) is 20.8 Å². The van der Waals surface area contributed by atoms with Crippen LogP contribution in [0.5, 0.6) is 0 Å². The maximum Gasteiger partial charge on any atom is 0.242 e. The Kier molecular flexibility index (Phi) is 7.18. The SMILES string of the molecule is CCC(C)NC(=O)C/C(C)=N/NC(=O)C(C)C. The summed E-state index contributed by atoms with van der Waals surface area (Å²) in [4.78, 5) is 22.7. The third-order valence-corrected chi connectivity index (χ3v) is 2.32. The molecule has 17 heavy (non-hydrogen) atoms. The number of carbonyl (C=O) groups excluding carboxylic acids is 2. The second-order valence-corrected chi connectivity index (χ2v) is 4.53. The first kappa shape index (κ1) is 15.6. The molecule has 0 heterocycles. The molecule has 0 aliphatic heterocycles. The number of hydrogen-bond donors (Lipinski definition) is 2. The van der Waals surface area contributed by atoms with Gasteiger partial charge in [0.05, 0.1) is 6.42 Å². The lowest BCUT2D eigenvalue weighted by Crippen LogP contribution is -2.33. The van der Waals surface area contributed by atoms with Crippen molar-refractivity contribution in [2.75, 3.05) is 0 Å². The van der Waals surface area contributed by atoms with Gasteiger partial charge in [-0.15, -0.1) is 0 Å². The van der Waals surface area contributed by atoms with Crippen LogP contribution in [-0.2, 0) is 9.59 Å². The largest absolute Gasteiger partial charge is 0.353 e. The van der Waals surface area contributed by atoms with Crippen molar-refractivity contribution in [2.45, 2.75) is 53.5 Å². The van der Waals surface area contributed by atoms with Crippen molar-refractivity contribution < 1.29 is 9.59 Å². The van der Waals surface area contributed by atoms with Gasteiger partial charge < -0.3 is 5.32 Å². The van der Waals surface area contributed by atoms with Gasteiger partial charge in [-0.25, -0.2) is 5.43 Å². The minimum absolute atomic E-state index is 0.0700. The highest BCUT2D eigenvalue weighted by Crippen LogP contribution is 1.93. The highest BCUT2D eigenvalue weighted by Gasteiger charge is 2.08. The summed E-state index contributed by atoms with van der Waals surface area (Å²) >= 11 is 0. The smallest absolute Gasteiger partial charge is 0.242 e. The minimum Gasteiger partial charge on any atom is -0.353 e. The van der Waals surface area contributed by atoms with Crippen molar-refractivity contribution in [1.82, 2.24) is 10.7 Å². The van der Waals surface area contributed by atoms with Gasteiger partial charge in [0.15, 0.2) is 0 Å². The Labute approximate surface area is 103 Å². The normalized spacial score (nSPS) is 13.4. The minimum atomic E-state index is -0.147. The molecular weight excluding hydrogens is 218 g/mol. The fraction of sp³-hybridized carbons (Fsp3) is 0.750. The van der Waals surface area contributed by atoms with Crippen LogP contribution in [0.4, 0.5) is 0 Å². The molecule has 0 aromatic heterocycles. The van der Waals surface area contributed by atoms with Crippen LogP contribution in [0, 0.1) is 5.92 Å². The number of carbonyl (C=O) groups is 2. The summed E-state index contributed by atoms with van der Waals surface area (Å²) in [5.41, 5.74) is 3.02. The van der Waals surface area contributed by atoms with Crippen LogP contribution in [0.2, 0.25) is 0 Å². The van der Waals surface area contributed by atoms with Gasteiger partial charge in [0.1, 0.15) is 0 Å². The lowest BCUT2D eigenvalue weighted by Gasteiger charge is -2.11. The molecule has 0 aliphatic rings. The zero-order valence-electron chi connectivity index (χ0n) is 11.3. The van der Waals surface area contributed by atoms with E-state index in [1.165, 1.54) is 0 Å². The van der Waals surface area contributed by atoms with Crippen LogP contribution in [0.25, 0.3) is 0 Å². The van der Waals surface area contributed by atoms with Crippen LogP contribution in [0.1, 0.15) is 47.5 Å². The number of nitrogens with zero attached hydrogens (tertiary/aromatic N) is 1. The van der Waals surface area contributed by atoms with Crippen LogP contribution in [-0.4, -0.2) is 23.6 Å². The molecular formula is C12H23N3O2. The fourth-order valence-corrected chi connectivity index (χ4v) is 0.979. The molecule has 0 aromatic carbocycles. The summed E-state index contributed by atoms with van der Waals surface area (Å²) < 4.78 is 0. The van der Waals surface area contributed by atoms with Crippen LogP contribution in [0.3, 0.4) is 0 Å². The Balaban J connectivity index is 4.07. The van der Waals surface area contributed by atoms with E-state index >= 15 is 0 Å². The number of nitrogens with one attached hydrogen (secondary N) is 2. The topological polar surface area (TPSA) is 70.6 Å². The zero-order chi connectivity index (χ0) is 13.4. The first-order valence-corrected chi connectivity index (χ1v) is 5.99. The predicted octanol–water partition coefficient (Wildman–Crippen LogP) is 1.44. The van der Waals surface area contributed by atoms with Gasteiger partial charge in [0, 0.05) is 17.7 Å². The Morgan fingerprint density at radius 3 is 2.29 bits per heavy atom. The molecule has 0 saturated carbocycles. The van der Waals surface area contributed by atoms with E-state index in [2.05, 4.69) is 15.8 Å². The lowest BCUT2D eigenvalue weighted by atomic mass is 10.2. The Morgan fingerprint density at radius 2 is 1.82 bits per heavy atom. The van der Waals surface area contributed by atoms with Crippen LogP contribution < -0.4 is 10.7 Å². The average molecular weight is 241 g/mol. The molecule has 5 nitrogen and oxygen atoms in total. The van der Waals surface area contributed by atoms with E-state index in [1.54, 1.807) is 20.8 Å². The van der Waals surface area contributed by atoms with Gasteiger partial charge in [0.2, 0.25) is 11.8 Å². The van der Waals surface area contributed by atoms with E-state index in [4.69, 9.17) is 0 Å². The second kappa shape index (κ2) is 7.81. The van der Waals surface area contributed by atoms with E-state index in [1.807, 2.05) is 13.8 Å². The molecule has 0 aliphatic carbocycles. The highest BCUT2D eigenvalue weighted by atomic mass is 16.2.